The Morgan fingerprint density at radius 2 is 1.10 bits per heavy atom. The maximum atomic E-state index is 13.2. The highest BCUT2D eigenvalue weighted by Gasteiger charge is 2.34. The van der Waals surface area contributed by atoms with E-state index in [2.05, 4.69) is 9.97 Å². The molecule has 6 aromatic rings. The molecule has 0 unspecified atom stereocenters. The molecule has 2 aromatic carbocycles. The first-order valence-electron chi connectivity index (χ1n) is 25.3. The predicted molar refractivity (Wildman–Crippen MR) is 307 cm³/mol. The van der Waals surface area contributed by atoms with Gasteiger partial charge in [-0.15, -0.1) is 45.3 Å². The minimum absolute atomic E-state index is 0.0213. The fraction of sp³-hybridized carbons (Fsp3) is 0.481. The molecule has 2 aliphatic heterocycles. The zero-order chi connectivity index (χ0) is 58.5. The smallest absolute Gasteiger partial charge is 0.446 e. The summed E-state index contributed by atoms with van der Waals surface area (Å²) >= 11 is 18.2. The van der Waals surface area contributed by atoms with Crippen LogP contribution in [0.5, 0.6) is 0 Å². The Balaban J connectivity index is 0.000000231. The summed E-state index contributed by atoms with van der Waals surface area (Å²) in [6.07, 6.45) is 4.68. The van der Waals surface area contributed by atoms with Crippen LogP contribution in [-0.4, -0.2) is 102 Å². The highest BCUT2D eigenvalue weighted by atomic mass is 35.5. The molecule has 432 valence electrons. The molecule has 2 amide bonds. The molecule has 0 radical (unpaired) electrons. The Labute approximate surface area is 494 Å². The van der Waals surface area contributed by atoms with Gasteiger partial charge in [0.2, 0.25) is 11.8 Å². The first-order valence-corrected chi connectivity index (χ1v) is 31.1. The number of amides is 2. The molecule has 0 atom stereocenters. The molecule has 6 heterocycles. The van der Waals surface area contributed by atoms with Gasteiger partial charge in [0.15, 0.2) is 0 Å². The van der Waals surface area contributed by atoms with E-state index in [1.54, 1.807) is 35.5 Å². The summed E-state index contributed by atoms with van der Waals surface area (Å²) in [7, 11) is 0. The second-order valence-corrected chi connectivity index (χ2v) is 28.8. The third-order valence-electron chi connectivity index (χ3n) is 12.9. The van der Waals surface area contributed by atoms with Crippen molar-refractivity contribution in [3.63, 3.8) is 0 Å². The Morgan fingerprint density at radius 3 is 1.51 bits per heavy atom. The molecular formula is C54H58Cl2F6N6O6S6. The standard InChI is InChI=1S/C28H31ClF3N3O3S3.C26H27ClF3N3O3S3/c1-5-38-23(37)13-20-15-33-21(39-20)14-22(36)35-8-6-16(7-9-35)26-34-24(25(29)40-26)17-10-18(27(2,3)4)12-19(11-17)41-28(30,31)32;1-25(2,3)16-8-15(9-18(10-16)39-26(28,29)30)22-23(27)38-24(32-22)14-4-6-33(7-5-14)20(34)12-19-31-17(13-37-19)11-21(35)36/h10-12,15-16H,5-9,13-14H2,1-4H3;8-10,13-14H,4-7,11-12H2,1-3H3,(H,35,36). The predicted octanol–water partition coefficient (Wildman–Crippen LogP) is 15.3. The monoisotopic (exact) mass is 1260 g/mol. The molecule has 1 N–H and O–H groups in total. The second-order valence-electron chi connectivity index (χ2n) is 21.1. The SMILES string of the molecule is CC(C)(C)c1cc(SC(F)(F)F)cc(-c2nc(C3CCN(C(=O)Cc4nc(CC(=O)O)cs4)CC3)sc2Cl)c1.CCOC(=O)Cc1cnc(CC(=O)N2CCC(c3nc(-c4cc(SC(F)(F)F)cc(C(C)(C)C)c4)c(Cl)s3)CC2)s1. The number of carbonyl (C=O) groups is 4. The number of aliphatic carboxylic acids is 1. The van der Waals surface area contributed by atoms with Crippen molar-refractivity contribution in [2.24, 2.45) is 0 Å². The van der Waals surface area contributed by atoms with Crippen molar-refractivity contribution in [1.29, 1.82) is 0 Å². The number of benzene rings is 2. The van der Waals surface area contributed by atoms with Gasteiger partial charge in [0, 0.05) is 75.4 Å². The van der Waals surface area contributed by atoms with Crippen LogP contribution in [0.1, 0.15) is 128 Å². The number of hydrogen-bond donors (Lipinski definition) is 1. The van der Waals surface area contributed by atoms with Crippen molar-refractivity contribution < 1.29 is 55.4 Å². The number of aromatic nitrogens is 4. The number of carbonyl (C=O) groups excluding carboxylic acids is 3. The van der Waals surface area contributed by atoms with Gasteiger partial charge in [-0.05, 0) is 114 Å². The summed E-state index contributed by atoms with van der Waals surface area (Å²) in [5.41, 5.74) is -5.46. The van der Waals surface area contributed by atoms with Crippen molar-refractivity contribution in [2.75, 3.05) is 32.8 Å². The average molecular weight is 1260 g/mol. The molecule has 2 aliphatic rings. The number of nitrogens with zero attached hydrogens (tertiary/aromatic N) is 6. The molecule has 0 aliphatic carbocycles. The van der Waals surface area contributed by atoms with Crippen molar-refractivity contribution in [2.45, 2.75) is 143 Å². The molecule has 12 nitrogen and oxygen atoms in total. The van der Waals surface area contributed by atoms with Gasteiger partial charge in [-0.1, -0.05) is 64.7 Å². The molecule has 0 bridgehead atoms. The lowest BCUT2D eigenvalue weighted by Crippen LogP contribution is -2.38. The summed E-state index contributed by atoms with van der Waals surface area (Å²) in [4.78, 5) is 70.9. The Bertz CT molecular complexity index is 3170. The fourth-order valence-corrected chi connectivity index (χ4v) is 14.5. The number of halogens is 8. The molecule has 0 saturated carbocycles. The lowest BCUT2D eigenvalue weighted by Gasteiger charge is -2.31. The number of piperidine rings is 2. The van der Waals surface area contributed by atoms with Crippen LogP contribution in [0.2, 0.25) is 8.67 Å². The minimum atomic E-state index is -4.41. The van der Waals surface area contributed by atoms with Gasteiger partial charge in [0.05, 0.1) is 48.0 Å². The quantitative estimate of drug-likeness (QED) is 0.0591. The van der Waals surface area contributed by atoms with Crippen LogP contribution in [-0.2, 0) is 60.4 Å². The van der Waals surface area contributed by atoms with E-state index in [-0.39, 0.29) is 99.4 Å². The summed E-state index contributed by atoms with van der Waals surface area (Å²) in [6, 6.07) is 9.84. The van der Waals surface area contributed by atoms with Crippen molar-refractivity contribution >= 4 is 116 Å². The summed E-state index contributed by atoms with van der Waals surface area (Å²) < 4.78 is 84.9. The molecular weight excluding hydrogens is 1210 g/mol. The number of carboxylic acid groups (broad SMARTS) is 1. The summed E-state index contributed by atoms with van der Waals surface area (Å²) in [6.45, 7) is 16.0. The van der Waals surface area contributed by atoms with E-state index in [0.717, 1.165) is 26.0 Å². The summed E-state index contributed by atoms with van der Waals surface area (Å²) in [5, 5.41) is 13.4. The molecule has 8 rings (SSSR count). The largest absolute Gasteiger partial charge is 0.481 e. The number of thiazole rings is 4. The van der Waals surface area contributed by atoms with Crippen LogP contribution in [0.4, 0.5) is 26.3 Å². The van der Waals surface area contributed by atoms with E-state index in [1.807, 2.05) is 58.6 Å². The van der Waals surface area contributed by atoms with Gasteiger partial charge >= 0.3 is 23.0 Å². The van der Waals surface area contributed by atoms with E-state index in [0.29, 0.717) is 105 Å². The van der Waals surface area contributed by atoms with Crippen LogP contribution < -0.4 is 0 Å². The van der Waals surface area contributed by atoms with Gasteiger partial charge in [-0.2, -0.15) is 26.3 Å². The van der Waals surface area contributed by atoms with Gasteiger partial charge in [-0.3, -0.25) is 19.2 Å². The zero-order valence-electron chi connectivity index (χ0n) is 44.6. The van der Waals surface area contributed by atoms with E-state index in [4.69, 9.17) is 43.0 Å². The zero-order valence-corrected chi connectivity index (χ0v) is 51.0. The lowest BCUT2D eigenvalue weighted by molar-refractivity contribution is -0.142. The number of thioether (sulfide) groups is 2. The van der Waals surface area contributed by atoms with E-state index in [9.17, 15) is 45.5 Å². The van der Waals surface area contributed by atoms with Gasteiger partial charge in [0.25, 0.3) is 0 Å². The van der Waals surface area contributed by atoms with Crippen molar-refractivity contribution in [3.8, 4) is 22.5 Å². The topological polar surface area (TPSA) is 156 Å². The minimum Gasteiger partial charge on any atom is -0.481 e. The van der Waals surface area contributed by atoms with Crippen molar-refractivity contribution in [1.82, 2.24) is 29.7 Å². The third kappa shape index (κ3) is 18.1. The number of esters is 1. The van der Waals surface area contributed by atoms with Crippen LogP contribution in [0.15, 0.2) is 57.8 Å². The maximum Gasteiger partial charge on any atom is 0.446 e. The number of carboxylic acids is 1. The number of hydrogen-bond acceptors (Lipinski definition) is 15. The molecule has 4 aromatic heterocycles. The van der Waals surface area contributed by atoms with E-state index in [1.165, 1.54) is 57.5 Å². The highest BCUT2D eigenvalue weighted by molar-refractivity contribution is 8.00. The average Bonchev–Trinajstić information content (AvgIpc) is 4.18. The van der Waals surface area contributed by atoms with E-state index >= 15 is 0 Å². The number of rotatable bonds is 15. The van der Waals surface area contributed by atoms with E-state index < -0.39 is 17.0 Å². The highest BCUT2D eigenvalue weighted by Crippen LogP contribution is 2.46. The first-order chi connectivity index (χ1) is 37.4. The molecule has 2 fully saturated rings. The molecule has 80 heavy (non-hydrogen) atoms. The van der Waals surface area contributed by atoms with Gasteiger partial charge in [0.1, 0.15) is 30.1 Å². The van der Waals surface area contributed by atoms with Gasteiger partial charge in [-0.25, -0.2) is 19.9 Å². The normalized spacial score (nSPS) is 15.0. The third-order valence-corrected chi connectivity index (χ3v) is 19.1. The number of likely N-dealkylation sites (tertiary alicyclic amines) is 2. The first kappa shape index (κ1) is 63.3. The second kappa shape index (κ2) is 26.5. The Morgan fingerprint density at radius 1 is 0.650 bits per heavy atom. The van der Waals surface area contributed by atoms with Gasteiger partial charge < -0.3 is 19.6 Å². The Kier molecular flexibility index (Phi) is 21.0. The summed E-state index contributed by atoms with van der Waals surface area (Å²) in [5.74, 6) is -1.18. The number of alkyl halides is 6. The van der Waals surface area contributed by atoms with Crippen LogP contribution in [0.3, 0.4) is 0 Å². The van der Waals surface area contributed by atoms with Crippen LogP contribution in [0, 0.1) is 0 Å². The van der Waals surface area contributed by atoms with Crippen LogP contribution >= 0.6 is 92.1 Å². The number of ether oxygens (including phenoxy) is 1. The molecule has 26 heteroatoms. The lowest BCUT2D eigenvalue weighted by atomic mass is 9.86. The van der Waals surface area contributed by atoms with Crippen LogP contribution in [0.25, 0.3) is 22.5 Å². The van der Waals surface area contributed by atoms with Crippen molar-refractivity contribution in [3.05, 3.63) is 98.4 Å². The fourth-order valence-electron chi connectivity index (χ4n) is 8.83. The molecule has 2 saturated heterocycles. The molecule has 0 spiro atoms. The Hall–Kier alpha value is -4.30. The maximum absolute atomic E-state index is 13.2.